The molecule has 1 aromatic rings. The van der Waals surface area contributed by atoms with E-state index >= 15 is 0 Å². The van der Waals surface area contributed by atoms with Crippen LogP contribution in [0.2, 0.25) is 0 Å². The van der Waals surface area contributed by atoms with Crippen LogP contribution in [0.4, 0.5) is 0 Å². The topological polar surface area (TPSA) is 74.0 Å². The molecule has 0 saturated carbocycles. The van der Waals surface area contributed by atoms with Gasteiger partial charge in [-0.25, -0.2) is 0 Å². The number of hydrogen-bond acceptors (Lipinski definition) is 4. The minimum atomic E-state index is -0.985. The van der Waals surface area contributed by atoms with Gasteiger partial charge < -0.3 is 19.3 Å². The normalized spacial score (nSPS) is 17.7. The van der Waals surface area contributed by atoms with Gasteiger partial charge in [0.1, 0.15) is 12.4 Å². The van der Waals surface area contributed by atoms with Gasteiger partial charge in [-0.15, -0.1) is 0 Å². The maximum Gasteiger partial charge on any atom is 0.257 e. The molecule has 0 radical (unpaired) electrons. The van der Waals surface area contributed by atoms with Crippen LogP contribution < -0.4 is 0 Å². The monoisotopic (exact) mass is 252 g/mol. The van der Waals surface area contributed by atoms with E-state index in [2.05, 4.69) is 0 Å². The first-order valence-corrected chi connectivity index (χ1v) is 5.88. The zero-order valence-electron chi connectivity index (χ0n) is 10.2. The number of aliphatic hydroxyl groups excluding tert-OH is 1. The predicted molar refractivity (Wildman–Crippen MR) is 62.9 cm³/mol. The van der Waals surface area contributed by atoms with Crippen LogP contribution in [0.15, 0.2) is 23.0 Å². The first kappa shape index (κ1) is 12.6. The average molecular weight is 252 g/mol. The third-order valence-corrected chi connectivity index (χ3v) is 3.00. The molecule has 1 aliphatic rings. The highest BCUT2D eigenvalue weighted by Crippen LogP contribution is 2.10. The molecule has 1 unspecified atom stereocenters. The third kappa shape index (κ3) is 2.53. The van der Waals surface area contributed by atoms with E-state index in [4.69, 9.17) is 4.42 Å². The molecule has 1 N–H and O–H groups in total. The number of rotatable bonds is 2. The number of hydrogen-bond donors (Lipinski definition) is 1. The highest BCUT2D eigenvalue weighted by molar-refractivity contribution is 5.94. The molecule has 18 heavy (non-hydrogen) atoms. The van der Waals surface area contributed by atoms with Gasteiger partial charge in [0.2, 0.25) is 0 Å². The lowest BCUT2D eigenvalue weighted by Crippen LogP contribution is -2.52. The molecular formula is C12H16N2O4. The van der Waals surface area contributed by atoms with Crippen LogP contribution >= 0.6 is 0 Å². The van der Waals surface area contributed by atoms with E-state index in [1.165, 1.54) is 19.5 Å². The Hall–Kier alpha value is -1.82. The third-order valence-electron chi connectivity index (χ3n) is 3.00. The molecule has 98 valence electrons. The Balaban J connectivity index is 1.91. The number of carbonyl (C=O) groups is 2. The Kier molecular flexibility index (Phi) is 3.66. The Morgan fingerprint density at radius 2 is 1.89 bits per heavy atom. The fourth-order valence-electron chi connectivity index (χ4n) is 1.96. The van der Waals surface area contributed by atoms with Gasteiger partial charge in [0.25, 0.3) is 11.8 Å². The van der Waals surface area contributed by atoms with Crippen molar-refractivity contribution in [1.82, 2.24) is 9.80 Å². The lowest BCUT2D eigenvalue weighted by molar-refractivity contribution is -0.140. The Bertz CT molecular complexity index is 419. The second kappa shape index (κ2) is 5.22. The van der Waals surface area contributed by atoms with Crippen molar-refractivity contribution in [1.29, 1.82) is 0 Å². The van der Waals surface area contributed by atoms with Crippen molar-refractivity contribution in [2.45, 2.75) is 13.0 Å². The molecule has 6 heteroatoms. The van der Waals surface area contributed by atoms with Gasteiger partial charge in [0.15, 0.2) is 0 Å². The van der Waals surface area contributed by atoms with Crippen LogP contribution in [-0.4, -0.2) is 59.0 Å². The Morgan fingerprint density at radius 3 is 2.39 bits per heavy atom. The summed E-state index contributed by atoms with van der Waals surface area (Å²) >= 11 is 0. The summed E-state index contributed by atoms with van der Waals surface area (Å²) in [4.78, 5) is 26.8. The zero-order valence-corrected chi connectivity index (χ0v) is 10.2. The van der Waals surface area contributed by atoms with Crippen LogP contribution in [-0.2, 0) is 4.79 Å². The summed E-state index contributed by atoms with van der Waals surface area (Å²) in [5.74, 6) is -0.377. The second-order valence-corrected chi connectivity index (χ2v) is 4.31. The maximum atomic E-state index is 12.0. The minimum Gasteiger partial charge on any atom is -0.472 e. The molecule has 0 spiro atoms. The molecule has 0 aliphatic carbocycles. The van der Waals surface area contributed by atoms with Crippen molar-refractivity contribution in [2.24, 2.45) is 0 Å². The number of furan rings is 1. The molecular weight excluding hydrogens is 236 g/mol. The summed E-state index contributed by atoms with van der Waals surface area (Å²) in [5, 5.41) is 9.21. The summed E-state index contributed by atoms with van der Waals surface area (Å²) in [6, 6.07) is 1.62. The SMILES string of the molecule is CC(O)C(=O)N1CCN(C(=O)c2ccoc2)CC1. The van der Waals surface area contributed by atoms with Crippen molar-refractivity contribution >= 4 is 11.8 Å². The van der Waals surface area contributed by atoms with Gasteiger partial charge in [-0.1, -0.05) is 0 Å². The summed E-state index contributed by atoms with van der Waals surface area (Å²) < 4.78 is 4.87. The molecule has 2 rings (SSSR count). The number of carbonyl (C=O) groups excluding carboxylic acids is 2. The average Bonchev–Trinajstić information content (AvgIpc) is 2.91. The van der Waals surface area contributed by atoms with E-state index in [9.17, 15) is 14.7 Å². The molecule has 1 atom stereocenters. The highest BCUT2D eigenvalue weighted by Gasteiger charge is 2.26. The number of piperazine rings is 1. The summed E-state index contributed by atoms with van der Waals surface area (Å²) in [6.45, 7) is 3.30. The predicted octanol–water partition coefficient (Wildman–Crippen LogP) is -0.0552. The number of amides is 2. The molecule has 1 aromatic heterocycles. The Morgan fingerprint density at radius 1 is 1.28 bits per heavy atom. The molecule has 1 saturated heterocycles. The van der Waals surface area contributed by atoms with Gasteiger partial charge in [0.05, 0.1) is 11.8 Å². The van der Waals surface area contributed by atoms with Crippen LogP contribution in [0.5, 0.6) is 0 Å². The largest absolute Gasteiger partial charge is 0.472 e. The van der Waals surface area contributed by atoms with Crippen molar-refractivity contribution in [3.8, 4) is 0 Å². The minimum absolute atomic E-state index is 0.0899. The summed E-state index contributed by atoms with van der Waals surface area (Å²) in [5.41, 5.74) is 0.519. The van der Waals surface area contributed by atoms with E-state index in [0.717, 1.165) is 0 Å². The van der Waals surface area contributed by atoms with Gasteiger partial charge in [0, 0.05) is 26.2 Å². The summed E-state index contributed by atoms with van der Waals surface area (Å²) in [7, 11) is 0. The quantitative estimate of drug-likeness (QED) is 0.800. The van der Waals surface area contributed by atoms with Gasteiger partial charge in [-0.2, -0.15) is 0 Å². The zero-order chi connectivity index (χ0) is 13.1. The number of aliphatic hydroxyl groups is 1. The fourth-order valence-corrected chi connectivity index (χ4v) is 1.96. The molecule has 2 amide bonds. The standard InChI is InChI=1S/C12H16N2O4/c1-9(15)11(16)13-3-5-14(6-4-13)12(17)10-2-7-18-8-10/h2,7-9,15H,3-6H2,1H3. The van der Waals surface area contributed by atoms with Crippen LogP contribution in [0.1, 0.15) is 17.3 Å². The lowest BCUT2D eigenvalue weighted by atomic mass is 10.2. The second-order valence-electron chi connectivity index (χ2n) is 4.31. The Labute approximate surface area is 105 Å². The van der Waals surface area contributed by atoms with Crippen molar-refractivity contribution < 1.29 is 19.1 Å². The smallest absolute Gasteiger partial charge is 0.257 e. The molecule has 1 fully saturated rings. The van der Waals surface area contributed by atoms with E-state index in [1.54, 1.807) is 15.9 Å². The van der Waals surface area contributed by atoms with E-state index in [1.807, 2.05) is 0 Å². The van der Waals surface area contributed by atoms with Gasteiger partial charge in [-0.3, -0.25) is 9.59 Å². The number of nitrogens with zero attached hydrogens (tertiary/aromatic N) is 2. The van der Waals surface area contributed by atoms with Crippen molar-refractivity contribution in [3.05, 3.63) is 24.2 Å². The lowest BCUT2D eigenvalue weighted by Gasteiger charge is -2.35. The van der Waals surface area contributed by atoms with Gasteiger partial charge >= 0.3 is 0 Å². The first-order valence-electron chi connectivity index (χ1n) is 5.88. The summed E-state index contributed by atoms with van der Waals surface area (Å²) in [6.07, 6.45) is 1.89. The van der Waals surface area contributed by atoms with Crippen molar-refractivity contribution in [3.63, 3.8) is 0 Å². The van der Waals surface area contributed by atoms with Crippen LogP contribution in [0.25, 0.3) is 0 Å². The van der Waals surface area contributed by atoms with Gasteiger partial charge in [-0.05, 0) is 13.0 Å². The highest BCUT2D eigenvalue weighted by atomic mass is 16.3. The molecule has 1 aliphatic heterocycles. The van der Waals surface area contributed by atoms with Crippen LogP contribution in [0.3, 0.4) is 0 Å². The molecule has 0 bridgehead atoms. The van der Waals surface area contributed by atoms with E-state index in [-0.39, 0.29) is 11.8 Å². The van der Waals surface area contributed by atoms with Crippen LogP contribution in [0, 0.1) is 0 Å². The van der Waals surface area contributed by atoms with E-state index < -0.39 is 6.10 Å². The molecule has 0 aromatic carbocycles. The maximum absolute atomic E-state index is 12.0. The van der Waals surface area contributed by atoms with E-state index in [0.29, 0.717) is 31.7 Å². The molecule has 6 nitrogen and oxygen atoms in total. The van der Waals surface area contributed by atoms with Crippen molar-refractivity contribution in [2.75, 3.05) is 26.2 Å². The fraction of sp³-hybridized carbons (Fsp3) is 0.500. The molecule has 2 heterocycles. The first-order chi connectivity index (χ1) is 8.59.